The molecule has 0 aliphatic heterocycles. The van der Waals surface area contributed by atoms with E-state index in [9.17, 15) is 9.59 Å². The average molecular weight is 434 g/mol. The second-order valence-electron chi connectivity index (χ2n) is 6.83. The van der Waals surface area contributed by atoms with Crippen LogP contribution in [0.15, 0.2) is 66.7 Å². The molecule has 166 valence electrons. The Balaban J connectivity index is 1.84. The Bertz CT molecular complexity index is 1070. The van der Waals surface area contributed by atoms with E-state index in [2.05, 4.69) is 5.32 Å². The molecule has 0 radical (unpaired) electrons. The van der Waals surface area contributed by atoms with Crippen LogP contribution in [0, 0.1) is 0 Å². The molecule has 0 spiro atoms. The number of rotatable bonds is 8. The largest absolute Gasteiger partial charge is 0.493 e. The third kappa shape index (κ3) is 4.83. The minimum absolute atomic E-state index is 0.150. The number of carbonyl (C=O) groups excluding carboxylic acids is 2. The highest BCUT2D eigenvalue weighted by molar-refractivity contribution is 6.08. The minimum Gasteiger partial charge on any atom is -0.493 e. The highest BCUT2D eigenvalue weighted by Crippen LogP contribution is 2.38. The first kappa shape index (κ1) is 22.7. The third-order valence-electron chi connectivity index (χ3n) is 4.92. The van der Waals surface area contributed by atoms with Crippen LogP contribution in [0.3, 0.4) is 0 Å². The molecule has 0 aliphatic rings. The number of nitrogens with zero attached hydrogens (tertiary/aromatic N) is 1. The Hall–Kier alpha value is -4.00. The first-order valence-electron chi connectivity index (χ1n) is 10.1. The Morgan fingerprint density at radius 2 is 1.47 bits per heavy atom. The lowest BCUT2D eigenvalue weighted by molar-refractivity contribution is 0.0985. The van der Waals surface area contributed by atoms with Crippen molar-refractivity contribution >= 4 is 23.2 Å². The summed E-state index contributed by atoms with van der Waals surface area (Å²) in [5, 5.41) is 2.83. The summed E-state index contributed by atoms with van der Waals surface area (Å²) in [7, 11) is 4.47. The lowest BCUT2D eigenvalue weighted by Gasteiger charge is -2.21. The molecule has 32 heavy (non-hydrogen) atoms. The van der Waals surface area contributed by atoms with Gasteiger partial charge in [-0.2, -0.15) is 0 Å². The van der Waals surface area contributed by atoms with Crippen LogP contribution >= 0.6 is 0 Å². The lowest BCUT2D eigenvalue weighted by atomic mass is 10.1. The van der Waals surface area contributed by atoms with Gasteiger partial charge < -0.3 is 24.4 Å². The van der Waals surface area contributed by atoms with Crippen molar-refractivity contribution in [3.63, 3.8) is 0 Å². The van der Waals surface area contributed by atoms with Crippen LogP contribution in [0.1, 0.15) is 27.6 Å². The van der Waals surface area contributed by atoms with E-state index in [4.69, 9.17) is 14.2 Å². The molecule has 3 aromatic rings. The lowest BCUT2D eigenvalue weighted by Crippen LogP contribution is -2.30. The molecule has 2 amide bonds. The summed E-state index contributed by atoms with van der Waals surface area (Å²) in [6.07, 6.45) is 0. The second-order valence-corrected chi connectivity index (χ2v) is 6.83. The van der Waals surface area contributed by atoms with Crippen molar-refractivity contribution in [2.24, 2.45) is 0 Å². The minimum atomic E-state index is -0.371. The van der Waals surface area contributed by atoms with E-state index < -0.39 is 0 Å². The second kappa shape index (κ2) is 10.3. The van der Waals surface area contributed by atoms with Crippen molar-refractivity contribution in [2.45, 2.75) is 6.92 Å². The van der Waals surface area contributed by atoms with E-state index in [1.807, 2.05) is 37.3 Å². The molecule has 0 fully saturated rings. The zero-order valence-electron chi connectivity index (χ0n) is 18.5. The monoisotopic (exact) mass is 434 g/mol. The SMILES string of the molecule is CCN(C(=O)c1cccc(NC(=O)c2cc(OC)c(OC)c(OC)c2)c1)c1ccccc1. The van der Waals surface area contributed by atoms with Crippen molar-refractivity contribution in [1.82, 2.24) is 0 Å². The smallest absolute Gasteiger partial charge is 0.258 e. The van der Waals surface area contributed by atoms with Gasteiger partial charge in [-0.25, -0.2) is 0 Å². The predicted molar refractivity (Wildman–Crippen MR) is 124 cm³/mol. The molecule has 0 bridgehead atoms. The highest BCUT2D eigenvalue weighted by atomic mass is 16.5. The molecule has 0 aromatic heterocycles. The van der Waals surface area contributed by atoms with E-state index in [1.165, 1.54) is 21.3 Å². The number of carbonyl (C=O) groups is 2. The fourth-order valence-electron chi connectivity index (χ4n) is 3.35. The quantitative estimate of drug-likeness (QED) is 0.559. The molecule has 1 N–H and O–H groups in total. The van der Waals surface area contributed by atoms with Gasteiger partial charge in [-0.15, -0.1) is 0 Å². The van der Waals surface area contributed by atoms with Crippen molar-refractivity contribution in [1.29, 1.82) is 0 Å². The van der Waals surface area contributed by atoms with Crippen molar-refractivity contribution in [3.05, 3.63) is 77.9 Å². The first-order valence-corrected chi connectivity index (χ1v) is 10.1. The number of benzene rings is 3. The molecule has 7 heteroatoms. The molecule has 7 nitrogen and oxygen atoms in total. The third-order valence-corrected chi connectivity index (χ3v) is 4.92. The number of hydrogen-bond donors (Lipinski definition) is 1. The summed E-state index contributed by atoms with van der Waals surface area (Å²) in [5.41, 5.74) is 2.11. The summed E-state index contributed by atoms with van der Waals surface area (Å²) >= 11 is 0. The van der Waals surface area contributed by atoms with Gasteiger partial charge in [0.15, 0.2) is 11.5 Å². The van der Waals surface area contributed by atoms with Gasteiger partial charge in [0.1, 0.15) is 0 Å². The maximum Gasteiger partial charge on any atom is 0.258 e. The number of amides is 2. The summed E-state index contributed by atoms with van der Waals surface area (Å²) in [4.78, 5) is 27.7. The summed E-state index contributed by atoms with van der Waals surface area (Å²) in [5.74, 6) is 0.635. The van der Waals surface area contributed by atoms with E-state index in [-0.39, 0.29) is 11.8 Å². The van der Waals surface area contributed by atoms with E-state index in [0.717, 1.165) is 5.69 Å². The number of ether oxygens (including phenoxy) is 3. The molecule has 0 unspecified atom stereocenters. The molecular weight excluding hydrogens is 408 g/mol. The fourth-order valence-corrected chi connectivity index (χ4v) is 3.35. The summed E-state index contributed by atoms with van der Waals surface area (Å²) in [6, 6.07) is 19.4. The molecule has 3 aromatic carbocycles. The van der Waals surface area contributed by atoms with Crippen LogP contribution < -0.4 is 24.4 Å². The highest BCUT2D eigenvalue weighted by Gasteiger charge is 2.19. The van der Waals surface area contributed by atoms with Crippen LogP contribution in [0.2, 0.25) is 0 Å². The number of methoxy groups -OCH3 is 3. The zero-order chi connectivity index (χ0) is 23.1. The normalized spacial score (nSPS) is 10.2. The topological polar surface area (TPSA) is 77.1 Å². The molecule has 0 heterocycles. The van der Waals surface area contributed by atoms with Crippen LogP contribution in [0.25, 0.3) is 0 Å². The zero-order valence-corrected chi connectivity index (χ0v) is 18.5. The molecule has 0 atom stereocenters. The van der Waals surface area contributed by atoms with Crippen molar-refractivity contribution < 1.29 is 23.8 Å². The first-order chi connectivity index (χ1) is 15.5. The van der Waals surface area contributed by atoms with Gasteiger partial charge in [0.2, 0.25) is 5.75 Å². The summed E-state index contributed by atoms with van der Waals surface area (Å²) < 4.78 is 15.9. The van der Waals surface area contributed by atoms with E-state index in [1.54, 1.807) is 41.3 Å². The maximum atomic E-state index is 13.1. The van der Waals surface area contributed by atoms with Crippen LogP contribution in [-0.4, -0.2) is 39.7 Å². The molecule has 0 aliphatic carbocycles. The van der Waals surface area contributed by atoms with Gasteiger partial charge in [-0.05, 0) is 49.4 Å². The molecule has 3 rings (SSSR count). The van der Waals surface area contributed by atoms with Gasteiger partial charge in [0.25, 0.3) is 11.8 Å². The molecule has 0 saturated heterocycles. The number of hydrogen-bond acceptors (Lipinski definition) is 5. The number of nitrogens with one attached hydrogen (secondary N) is 1. The van der Waals surface area contributed by atoms with Crippen molar-refractivity contribution in [3.8, 4) is 17.2 Å². The Morgan fingerprint density at radius 3 is 2.03 bits per heavy atom. The van der Waals surface area contributed by atoms with Crippen LogP contribution in [-0.2, 0) is 0 Å². The van der Waals surface area contributed by atoms with Crippen molar-refractivity contribution in [2.75, 3.05) is 38.1 Å². The van der Waals surface area contributed by atoms with Crippen LogP contribution in [0.4, 0.5) is 11.4 Å². The van der Waals surface area contributed by atoms with E-state index in [0.29, 0.717) is 40.6 Å². The van der Waals surface area contributed by atoms with Crippen LogP contribution in [0.5, 0.6) is 17.2 Å². The van der Waals surface area contributed by atoms with Gasteiger partial charge in [-0.1, -0.05) is 24.3 Å². The maximum absolute atomic E-state index is 13.1. The van der Waals surface area contributed by atoms with Gasteiger partial charge in [0, 0.05) is 29.0 Å². The summed E-state index contributed by atoms with van der Waals surface area (Å²) in [6.45, 7) is 2.44. The fraction of sp³-hybridized carbons (Fsp3) is 0.200. The molecular formula is C25H26N2O5. The van der Waals surface area contributed by atoms with Gasteiger partial charge >= 0.3 is 0 Å². The molecule has 0 saturated carbocycles. The average Bonchev–Trinajstić information content (AvgIpc) is 2.84. The van der Waals surface area contributed by atoms with Gasteiger partial charge in [-0.3, -0.25) is 9.59 Å². The Morgan fingerprint density at radius 1 is 0.812 bits per heavy atom. The van der Waals surface area contributed by atoms with E-state index >= 15 is 0 Å². The Labute approximate surface area is 187 Å². The standard InChI is InChI=1S/C25H26N2O5/c1-5-27(20-12-7-6-8-13-20)25(29)17-10-9-11-19(14-17)26-24(28)18-15-21(30-2)23(32-4)22(16-18)31-3/h6-16H,5H2,1-4H3,(H,26,28). The number of anilines is 2. The Kier molecular flexibility index (Phi) is 7.33. The van der Waals surface area contributed by atoms with Gasteiger partial charge in [0.05, 0.1) is 21.3 Å². The predicted octanol–water partition coefficient (Wildman–Crippen LogP) is 4.63. The number of para-hydroxylation sites is 1.